The number of nitrogens with two attached hydrogens (primary N) is 3. The number of primary amides is 2. The van der Waals surface area contributed by atoms with Crippen molar-refractivity contribution >= 4 is 29.5 Å². The smallest absolute Gasteiger partial charge is 0.251 e. The topological polar surface area (TPSA) is 319 Å². The van der Waals surface area contributed by atoms with Crippen LogP contribution in [0.2, 0.25) is 0 Å². The number of carbonyl (C=O) groups is 5. The quantitative estimate of drug-likeness (QED) is 0.0662. The minimum absolute atomic E-state index is 0.0384. The minimum atomic E-state index is -1.65. The molecule has 1 saturated heterocycles. The number of hydrogen-bond acceptors (Lipinski definition) is 13. The highest BCUT2D eigenvalue weighted by Gasteiger charge is 2.44. The van der Waals surface area contributed by atoms with Crippen molar-refractivity contribution in [1.29, 1.82) is 0 Å². The lowest BCUT2D eigenvalue weighted by Crippen LogP contribution is -2.60. The molecule has 0 aromatic heterocycles. The van der Waals surface area contributed by atoms with E-state index in [2.05, 4.69) is 16.0 Å². The molecule has 2 rings (SSSR count). The van der Waals surface area contributed by atoms with Gasteiger partial charge in [-0.3, -0.25) is 24.0 Å². The number of amides is 5. The van der Waals surface area contributed by atoms with Crippen molar-refractivity contribution < 1.29 is 59.0 Å². The standard InChI is InChI=1S/C28H44N6O12/c1-13(36)20(24(31)41)34-27(44)16(4-2-3-11-29)33-26(43)17(9-10-19(30)37)32-25(42)14-5-7-15(8-6-14)45-28-23(40)22(39)21(38)18(12-35)46-28/h5-8,13,16-18,20-23,28,35-36,38-40H,2-4,9-12,29H2,1H3,(H2,30,37)(H2,31,41)(H,32,42)(H,33,43)(H,34,44)/t13-,16+,17+,18-,20+,21+,22+,23-,28-/m1/s1. The fraction of sp³-hybridized carbons (Fsp3) is 0.607. The second kappa shape index (κ2) is 18.3. The van der Waals surface area contributed by atoms with Gasteiger partial charge in [0.1, 0.15) is 48.3 Å². The van der Waals surface area contributed by atoms with Crippen molar-refractivity contribution in [3.8, 4) is 5.75 Å². The number of rotatable bonds is 18. The van der Waals surface area contributed by atoms with Gasteiger partial charge in [0.15, 0.2) is 0 Å². The summed E-state index contributed by atoms with van der Waals surface area (Å²) in [5.41, 5.74) is 16.1. The SMILES string of the molecule is C[C@@H](O)[C@H](NC(=O)[C@H](CCCCN)NC(=O)[C@H](CCC(N)=O)NC(=O)c1ccc(O[C@@H]2O[C@H](CO)[C@H](O)[C@H](O)[C@H]2O)cc1)C(N)=O. The number of ether oxygens (including phenoxy) is 2. The van der Waals surface area contributed by atoms with E-state index < -0.39 is 91.1 Å². The van der Waals surface area contributed by atoms with E-state index in [9.17, 15) is 49.5 Å². The lowest BCUT2D eigenvalue weighted by molar-refractivity contribution is -0.277. The summed E-state index contributed by atoms with van der Waals surface area (Å²) in [6, 6.07) is 1.28. The number of aliphatic hydroxyl groups excluding tert-OH is 5. The zero-order valence-corrected chi connectivity index (χ0v) is 25.3. The Labute approximate surface area is 264 Å². The monoisotopic (exact) mass is 656 g/mol. The highest BCUT2D eigenvalue weighted by molar-refractivity contribution is 5.99. The van der Waals surface area contributed by atoms with Crippen LogP contribution >= 0.6 is 0 Å². The molecule has 258 valence electrons. The van der Waals surface area contributed by atoms with Gasteiger partial charge in [-0.05, 0) is 63.4 Å². The molecule has 1 aromatic rings. The van der Waals surface area contributed by atoms with Crippen molar-refractivity contribution in [3.63, 3.8) is 0 Å². The molecular formula is C28H44N6O12. The van der Waals surface area contributed by atoms with Crippen molar-refractivity contribution in [1.82, 2.24) is 16.0 Å². The molecule has 18 nitrogen and oxygen atoms in total. The predicted octanol–water partition coefficient (Wildman–Crippen LogP) is -4.81. The Bertz CT molecular complexity index is 1180. The van der Waals surface area contributed by atoms with E-state index in [0.717, 1.165) is 0 Å². The molecule has 1 aliphatic rings. The van der Waals surface area contributed by atoms with E-state index in [4.69, 9.17) is 26.7 Å². The predicted molar refractivity (Wildman–Crippen MR) is 158 cm³/mol. The molecule has 9 atom stereocenters. The van der Waals surface area contributed by atoms with Gasteiger partial charge < -0.3 is 68.2 Å². The Balaban J connectivity index is 2.16. The number of unbranched alkanes of at least 4 members (excludes halogenated alkanes) is 1. The van der Waals surface area contributed by atoms with Crippen LogP contribution in [0.15, 0.2) is 24.3 Å². The zero-order chi connectivity index (χ0) is 34.6. The second-order valence-electron chi connectivity index (χ2n) is 10.8. The lowest BCUT2D eigenvalue weighted by atomic mass is 9.99. The Kier molecular flexibility index (Phi) is 15.2. The molecule has 1 heterocycles. The van der Waals surface area contributed by atoms with E-state index in [-0.39, 0.29) is 30.6 Å². The van der Waals surface area contributed by atoms with Gasteiger partial charge in [0.2, 0.25) is 29.9 Å². The average Bonchev–Trinajstić information content (AvgIpc) is 3.01. The van der Waals surface area contributed by atoms with Crippen LogP contribution in [0.1, 0.15) is 49.4 Å². The van der Waals surface area contributed by atoms with Crippen LogP contribution in [0.5, 0.6) is 5.75 Å². The molecule has 0 bridgehead atoms. The molecule has 1 aromatic carbocycles. The number of hydrogen-bond donors (Lipinski definition) is 11. The number of benzene rings is 1. The molecule has 0 aliphatic carbocycles. The Morgan fingerprint density at radius 1 is 0.891 bits per heavy atom. The van der Waals surface area contributed by atoms with Gasteiger partial charge in [-0.15, -0.1) is 0 Å². The molecule has 0 spiro atoms. The highest BCUT2D eigenvalue weighted by Crippen LogP contribution is 2.24. The second-order valence-corrected chi connectivity index (χ2v) is 10.8. The van der Waals surface area contributed by atoms with Gasteiger partial charge in [0.05, 0.1) is 12.7 Å². The Hall–Kier alpha value is -3.91. The van der Waals surface area contributed by atoms with Crippen molar-refractivity contribution in [2.24, 2.45) is 17.2 Å². The van der Waals surface area contributed by atoms with Crippen molar-refractivity contribution in [2.45, 2.75) is 94.0 Å². The van der Waals surface area contributed by atoms with E-state index in [1.54, 1.807) is 0 Å². The summed E-state index contributed by atoms with van der Waals surface area (Å²) in [7, 11) is 0. The van der Waals surface area contributed by atoms with Gasteiger partial charge >= 0.3 is 0 Å². The zero-order valence-electron chi connectivity index (χ0n) is 25.3. The molecule has 1 aliphatic heterocycles. The summed E-state index contributed by atoms with van der Waals surface area (Å²) in [5, 5.41) is 56.5. The first-order valence-electron chi connectivity index (χ1n) is 14.6. The third-order valence-corrected chi connectivity index (χ3v) is 7.19. The van der Waals surface area contributed by atoms with Crippen LogP contribution < -0.4 is 37.9 Å². The number of carbonyl (C=O) groups excluding carboxylic acids is 5. The largest absolute Gasteiger partial charge is 0.462 e. The summed E-state index contributed by atoms with van der Waals surface area (Å²) < 4.78 is 10.8. The summed E-state index contributed by atoms with van der Waals surface area (Å²) in [6.07, 6.45) is -8.35. The van der Waals surface area contributed by atoms with Crippen molar-refractivity contribution in [2.75, 3.05) is 13.2 Å². The highest BCUT2D eigenvalue weighted by atomic mass is 16.7. The van der Waals surface area contributed by atoms with Crippen LogP contribution in [0.4, 0.5) is 0 Å². The van der Waals surface area contributed by atoms with Gasteiger partial charge in [-0.1, -0.05) is 0 Å². The third kappa shape index (κ3) is 11.2. The molecule has 18 heteroatoms. The lowest BCUT2D eigenvalue weighted by Gasteiger charge is -2.39. The van der Waals surface area contributed by atoms with E-state index >= 15 is 0 Å². The maximum absolute atomic E-state index is 13.3. The Morgan fingerprint density at radius 3 is 2.04 bits per heavy atom. The van der Waals surface area contributed by atoms with Crippen LogP contribution in [0.25, 0.3) is 0 Å². The van der Waals surface area contributed by atoms with Gasteiger partial charge in [-0.2, -0.15) is 0 Å². The molecule has 1 fully saturated rings. The Morgan fingerprint density at radius 2 is 1.50 bits per heavy atom. The molecule has 5 amide bonds. The maximum Gasteiger partial charge on any atom is 0.251 e. The average molecular weight is 657 g/mol. The number of nitrogens with one attached hydrogen (secondary N) is 3. The normalized spacial score (nSPS) is 23.7. The van der Waals surface area contributed by atoms with Gasteiger partial charge in [0.25, 0.3) is 5.91 Å². The first-order valence-corrected chi connectivity index (χ1v) is 14.6. The molecule has 0 radical (unpaired) electrons. The van der Waals surface area contributed by atoms with Crippen molar-refractivity contribution in [3.05, 3.63) is 29.8 Å². The third-order valence-electron chi connectivity index (χ3n) is 7.19. The van der Waals surface area contributed by atoms with Crippen LogP contribution in [-0.2, 0) is 23.9 Å². The summed E-state index contributed by atoms with van der Waals surface area (Å²) in [4.78, 5) is 62.5. The van der Waals surface area contributed by atoms with Gasteiger partial charge in [-0.25, -0.2) is 0 Å². The van der Waals surface area contributed by atoms with E-state index in [0.29, 0.717) is 19.4 Å². The molecule has 14 N–H and O–H groups in total. The number of aliphatic hydroxyl groups is 5. The molecular weight excluding hydrogens is 612 g/mol. The summed E-state index contributed by atoms with van der Waals surface area (Å²) in [5.74, 6) is -4.06. The molecule has 0 saturated carbocycles. The first kappa shape index (κ1) is 38.3. The fourth-order valence-electron chi connectivity index (χ4n) is 4.50. The van der Waals surface area contributed by atoms with Crippen LogP contribution in [0.3, 0.4) is 0 Å². The first-order chi connectivity index (χ1) is 21.7. The van der Waals surface area contributed by atoms with Crippen LogP contribution in [-0.4, -0.2) is 123 Å². The van der Waals surface area contributed by atoms with Gasteiger partial charge in [0, 0.05) is 12.0 Å². The summed E-state index contributed by atoms with van der Waals surface area (Å²) in [6.45, 7) is 0.911. The maximum atomic E-state index is 13.3. The molecule has 46 heavy (non-hydrogen) atoms. The van der Waals surface area contributed by atoms with E-state index in [1.807, 2.05) is 0 Å². The molecule has 0 unspecified atom stereocenters. The minimum Gasteiger partial charge on any atom is -0.462 e. The fourth-order valence-corrected chi connectivity index (χ4v) is 4.50. The summed E-state index contributed by atoms with van der Waals surface area (Å²) >= 11 is 0. The van der Waals surface area contributed by atoms with Crippen LogP contribution in [0, 0.1) is 0 Å². The van der Waals surface area contributed by atoms with E-state index in [1.165, 1.54) is 31.2 Å².